The van der Waals surface area contributed by atoms with E-state index in [1.807, 2.05) is 29.2 Å². The van der Waals surface area contributed by atoms with Crippen LogP contribution in [-0.4, -0.2) is 24.1 Å². The summed E-state index contributed by atoms with van der Waals surface area (Å²) < 4.78 is 13.8. The highest BCUT2D eigenvalue weighted by atomic mass is 32.2. The minimum atomic E-state index is -0.563. The van der Waals surface area contributed by atoms with Gasteiger partial charge in [0, 0.05) is 22.8 Å². The molecule has 2 amide bonds. The number of carbonyl (C=O) groups excluding carboxylic acids is 2. The van der Waals surface area contributed by atoms with Gasteiger partial charge in [-0.25, -0.2) is 4.39 Å². The number of hydrogen-bond donors (Lipinski definition) is 1. The molecule has 0 atom stereocenters. The van der Waals surface area contributed by atoms with Crippen LogP contribution in [0.4, 0.5) is 15.8 Å². The quantitative estimate of drug-likeness (QED) is 0.622. The van der Waals surface area contributed by atoms with Crippen LogP contribution in [0.25, 0.3) is 0 Å². The Balaban J connectivity index is 1.39. The highest BCUT2D eigenvalue weighted by molar-refractivity contribution is 8.00. The van der Waals surface area contributed by atoms with Crippen LogP contribution in [0.1, 0.15) is 15.9 Å². The largest absolute Gasteiger partial charge is 0.322 e. The first kappa shape index (κ1) is 19.2. The average molecular weight is 406 g/mol. The van der Waals surface area contributed by atoms with Crippen molar-refractivity contribution in [1.82, 2.24) is 0 Å². The molecule has 0 aromatic heterocycles. The van der Waals surface area contributed by atoms with Crippen molar-refractivity contribution < 1.29 is 14.0 Å². The van der Waals surface area contributed by atoms with Crippen LogP contribution in [0.2, 0.25) is 0 Å². The first-order valence-corrected chi connectivity index (χ1v) is 10.3. The maximum Gasteiger partial charge on any atom is 0.258 e. The fourth-order valence-electron chi connectivity index (χ4n) is 3.33. The van der Waals surface area contributed by atoms with E-state index in [0.29, 0.717) is 18.0 Å². The lowest BCUT2D eigenvalue weighted by atomic mass is 10.2. The molecule has 0 unspecified atom stereocenters. The summed E-state index contributed by atoms with van der Waals surface area (Å²) in [6, 6.07) is 21.0. The lowest BCUT2D eigenvalue weighted by molar-refractivity contribution is -0.116. The van der Waals surface area contributed by atoms with Gasteiger partial charge in [-0.3, -0.25) is 9.59 Å². The summed E-state index contributed by atoms with van der Waals surface area (Å²) in [5, 5.41) is 2.71. The molecule has 0 saturated carbocycles. The number of halogens is 1. The zero-order chi connectivity index (χ0) is 20.2. The summed E-state index contributed by atoms with van der Waals surface area (Å²) in [4.78, 5) is 27.6. The molecule has 3 aromatic carbocycles. The molecule has 4 rings (SSSR count). The second-order valence-corrected chi connectivity index (χ2v) is 7.72. The Bertz CT molecular complexity index is 1070. The second-order valence-electron chi connectivity index (χ2n) is 6.67. The summed E-state index contributed by atoms with van der Waals surface area (Å²) in [6.45, 7) is 0.706. The van der Waals surface area contributed by atoms with Crippen LogP contribution in [0.5, 0.6) is 0 Å². The van der Waals surface area contributed by atoms with E-state index in [-0.39, 0.29) is 11.5 Å². The maximum atomic E-state index is 13.8. The van der Waals surface area contributed by atoms with Crippen LogP contribution in [0.15, 0.2) is 77.7 Å². The molecule has 4 nitrogen and oxygen atoms in total. The van der Waals surface area contributed by atoms with E-state index < -0.39 is 11.7 Å². The molecular weight excluding hydrogens is 387 g/mol. The number of carbonyl (C=O) groups is 2. The Hall–Kier alpha value is -3.12. The number of benzene rings is 3. The van der Waals surface area contributed by atoms with Crippen molar-refractivity contribution >= 4 is 35.0 Å². The van der Waals surface area contributed by atoms with Gasteiger partial charge in [0.2, 0.25) is 5.91 Å². The van der Waals surface area contributed by atoms with Gasteiger partial charge >= 0.3 is 0 Å². The average Bonchev–Trinajstić information content (AvgIpc) is 3.17. The zero-order valence-corrected chi connectivity index (χ0v) is 16.4. The molecule has 1 heterocycles. The van der Waals surface area contributed by atoms with Gasteiger partial charge in [0.25, 0.3) is 5.91 Å². The highest BCUT2D eigenvalue weighted by Gasteiger charge is 2.23. The molecule has 29 heavy (non-hydrogen) atoms. The van der Waals surface area contributed by atoms with Crippen molar-refractivity contribution in [2.75, 3.05) is 22.5 Å². The van der Waals surface area contributed by atoms with Gasteiger partial charge in [-0.1, -0.05) is 36.4 Å². The van der Waals surface area contributed by atoms with Crippen LogP contribution >= 0.6 is 11.8 Å². The molecule has 0 bridgehead atoms. The van der Waals surface area contributed by atoms with Crippen LogP contribution < -0.4 is 10.2 Å². The van der Waals surface area contributed by atoms with Crippen LogP contribution in [-0.2, 0) is 11.2 Å². The first-order valence-electron chi connectivity index (χ1n) is 9.29. The van der Waals surface area contributed by atoms with E-state index in [9.17, 15) is 14.0 Å². The van der Waals surface area contributed by atoms with Crippen molar-refractivity contribution in [3.05, 3.63) is 89.7 Å². The van der Waals surface area contributed by atoms with Crippen molar-refractivity contribution in [3.63, 3.8) is 0 Å². The Labute approximate surface area is 172 Å². The third-order valence-electron chi connectivity index (χ3n) is 4.76. The molecule has 0 radical (unpaired) electrons. The molecular formula is C23H19FN2O2S. The second kappa shape index (κ2) is 8.49. The normalized spacial score (nSPS) is 12.5. The number of rotatable bonds is 5. The van der Waals surface area contributed by atoms with Gasteiger partial charge in [0.05, 0.1) is 11.3 Å². The van der Waals surface area contributed by atoms with Gasteiger partial charge in [-0.05, 0) is 48.4 Å². The number of fused-ring (bicyclic) bond motifs is 1. The summed E-state index contributed by atoms with van der Waals surface area (Å²) in [7, 11) is 0. The van der Waals surface area contributed by atoms with Crippen molar-refractivity contribution in [2.24, 2.45) is 0 Å². The minimum Gasteiger partial charge on any atom is -0.322 e. The Morgan fingerprint density at radius 3 is 2.66 bits per heavy atom. The smallest absolute Gasteiger partial charge is 0.258 e. The van der Waals surface area contributed by atoms with Gasteiger partial charge in [0.15, 0.2) is 0 Å². The van der Waals surface area contributed by atoms with E-state index in [2.05, 4.69) is 11.4 Å². The van der Waals surface area contributed by atoms with E-state index in [4.69, 9.17) is 0 Å². The van der Waals surface area contributed by atoms with Gasteiger partial charge < -0.3 is 10.2 Å². The first-order chi connectivity index (χ1) is 14.1. The van der Waals surface area contributed by atoms with Crippen LogP contribution in [0.3, 0.4) is 0 Å². The number of hydrogen-bond acceptors (Lipinski definition) is 3. The Kier molecular flexibility index (Phi) is 5.62. The number of amides is 2. The van der Waals surface area contributed by atoms with Gasteiger partial charge in [-0.15, -0.1) is 11.8 Å². The molecule has 3 aromatic rings. The minimum absolute atomic E-state index is 0.00608. The predicted octanol–water partition coefficient (Wildman–Crippen LogP) is 4.76. The number of nitrogens with one attached hydrogen (secondary N) is 1. The van der Waals surface area contributed by atoms with Crippen LogP contribution in [0, 0.1) is 5.82 Å². The van der Waals surface area contributed by atoms with E-state index >= 15 is 0 Å². The van der Waals surface area contributed by atoms with Gasteiger partial charge in [0.1, 0.15) is 5.82 Å². The third-order valence-corrected chi connectivity index (χ3v) is 5.74. The molecule has 1 aliphatic rings. The number of para-hydroxylation sites is 1. The van der Waals surface area contributed by atoms with E-state index in [1.165, 1.54) is 29.5 Å². The Morgan fingerprint density at radius 1 is 1.00 bits per heavy atom. The summed E-state index contributed by atoms with van der Waals surface area (Å²) in [6.07, 6.45) is 0.879. The maximum absolute atomic E-state index is 13.8. The molecule has 0 saturated heterocycles. The summed E-state index contributed by atoms with van der Waals surface area (Å²) in [5.74, 6) is -0.707. The molecule has 0 spiro atoms. The monoisotopic (exact) mass is 406 g/mol. The third kappa shape index (κ3) is 4.32. The predicted molar refractivity (Wildman–Crippen MR) is 114 cm³/mol. The standard InChI is InChI=1S/C23H19FN2O2S/c24-20-10-3-2-9-19(20)23(28)25-17-7-5-8-18(14-17)29-15-22(27)26-13-12-16-6-1-4-11-21(16)26/h1-11,14H,12-13,15H2,(H,25,28). The zero-order valence-electron chi connectivity index (χ0n) is 15.6. The lowest BCUT2D eigenvalue weighted by Gasteiger charge is -2.17. The van der Waals surface area contributed by atoms with E-state index in [0.717, 1.165) is 17.0 Å². The number of anilines is 2. The lowest BCUT2D eigenvalue weighted by Crippen LogP contribution is -2.30. The van der Waals surface area contributed by atoms with Crippen molar-refractivity contribution in [3.8, 4) is 0 Å². The van der Waals surface area contributed by atoms with Crippen molar-refractivity contribution in [1.29, 1.82) is 0 Å². The van der Waals surface area contributed by atoms with E-state index in [1.54, 1.807) is 30.3 Å². The molecule has 0 fully saturated rings. The fourth-order valence-corrected chi connectivity index (χ4v) is 4.16. The van der Waals surface area contributed by atoms with Gasteiger partial charge in [-0.2, -0.15) is 0 Å². The molecule has 146 valence electrons. The number of thioether (sulfide) groups is 1. The topological polar surface area (TPSA) is 49.4 Å². The SMILES string of the molecule is O=C(Nc1cccc(SCC(=O)N2CCc3ccccc32)c1)c1ccccc1F. The summed E-state index contributed by atoms with van der Waals surface area (Å²) >= 11 is 1.41. The molecule has 0 aliphatic carbocycles. The highest BCUT2D eigenvalue weighted by Crippen LogP contribution is 2.29. The molecule has 6 heteroatoms. The van der Waals surface area contributed by atoms with Crippen molar-refractivity contribution in [2.45, 2.75) is 11.3 Å². The fraction of sp³-hybridized carbons (Fsp3) is 0.130. The molecule has 1 aliphatic heterocycles. The number of nitrogens with zero attached hydrogens (tertiary/aromatic N) is 1. The Morgan fingerprint density at radius 2 is 1.79 bits per heavy atom. The molecule has 1 N–H and O–H groups in total. The summed E-state index contributed by atoms with van der Waals surface area (Å²) in [5.41, 5.74) is 2.74.